The maximum Gasteiger partial charge on any atom is 0.270 e. The van der Waals surface area contributed by atoms with E-state index in [2.05, 4.69) is 0 Å². The van der Waals surface area contributed by atoms with E-state index in [9.17, 15) is 10.4 Å². The van der Waals surface area contributed by atoms with E-state index in [-0.39, 0.29) is 22.8 Å². The molecule has 0 aromatic carbocycles. The summed E-state index contributed by atoms with van der Waals surface area (Å²) in [6, 6.07) is 0. The van der Waals surface area contributed by atoms with Crippen molar-refractivity contribution in [2.24, 2.45) is 0 Å². The number of hydroxylamine groups is 2. The third-order valence-corrected chi connectivity index (χ3v) is 2.27. The Morgan fingerprint density at radius 3 is 1.10 bits per heavy atom. The zero-order valence-electron chi connectivity index (χ0n) is 12.7. The Morgan fingerprint density at radius 2 is 0.900 bits per heavy atom. The van der Waals surface area contributed by atoms with Gasteiger partial charge in [0.05, 0.1) is 0 Å². The first-order chi connectivity index (χ1) is 9.58. The minimum atomic E-state index is -0.725. The highest BCUT2D eigenvalue weighted by Crippen LogP contribution is 1.99. The summed E-state index contributed by atoms with van der Waals surface area (Å²) >= 11 is 0. The van der Waals surface area contributed by atoms with E-state index in [0.717, 1.165) is 0 Å². The van der Waals surface area contributed by atoms with E-state index < -0.39 is 12.6 Å². The summed E-state index contributed by atoms with van der Waals surface area (Å²) in [6.45, 7) is 8.36. The first-order valence-corrected chi connectivity index (χ1v) is 6.94. The molecule has 0 bridgehead atoms. The van der Waals surface area contributed by atoms with Crippen LogP contribution in [0.3, 0.4) is 0 Å². The van der Waals surface area contributed by atoms with E-state index in [1.165, 1.54) is 0 Å². The monoisotopic (exact) mass is 294 g/mol. The van der Waals surface area contributed by atoms with Crippen LogP contribution in [0.25, 0.3) is 0 Å². The molecule has 0 N–H and O–H groups in total. The zero-order valence-corrected chi connectivity index (χ0v) is 12.7. The number of ether oxygens (including phenoxy) is 4. The molecule has 0 spiro atoms. The molecular formula is C12H26N2O6. The molecule has 0 amide bonds. The quantitative estimate of drug-likeness (QED) is 0.233. The summed E-state index contributed by atoms with van der Waals surface area (Å²) in [5, 5.41) is 23.4. The third-order valence-electron chi connectivity index (χ3n) is 2.27. The highest BCUT2D eigenvalue weighted by molar-refractivity contribution is 4.40. The Bertz CT molecular complexity index is 237. The topological polar surface area (TPSA) is 89.1 Å². The molecule has 20 heavy (non-hydrogen) atoms. The first-order valence-electron chi connectivity index (χ1n) is 6.94. The fraction of sp³-hybridized carbons (Fsp3) is 1.00. The van der Waals surface area contributed by atoms with Gasteiger partial charge in [0.25, 0.3) is 13.1 Å². The molecule has 0 aromatic heterocycles. The summed E-state index contributed by atoms with van der Waals surface area (Å²) in [5.41, 5.74) is 0. The molecule has 0 aliphatic rings. The van der Waals surface area contributed by atoms with Crippen LogP contribution in [-0.2, 0) is 18.9 Å². The summed E-state index contributed by atoms with van der Waals surface area (Å²) < 4.78 is 20.8. The average molecular weight is 294 g/mol. The number of nitrogens with zero attached hydrogens (tertiary/aromatic N) is 2. The highest BCUT2D eigenvalue weighted by atomic mass is 16.7. The molecule has 0 heterocycles. The van der Waals surface area contributed by atoms with Crippen molar-refractivity contribution in [2.45, 2.75) is 40.3 Å². The van der Waals surface area contributed by atoms with Gasteiger partial charge in [-0.25, -0.2) is 0 Å². The molecule has 0 aliphatic carbocycles. The van der Waals surface area contributed by atoms with Gasteiger partial charge in [-0.3, -0.25) is 0 Å². The third kappa shape index (κ3) is 8.26. The van der Waals surface area contributed by atoms with Crippen LogP contribution < -0.4 is 0 Å². The SMILES string of the molecule is CCOC(C/[N+]([O-])=[N+](\[O-])CC(OCC)OCC)OCC. The highest BCUT2D eigenvalue weighted by Gasteiger charge is 2.22. The smallest absolute Gasteiger partial charge is 0.270 e. The van der Waals surface area contributed by atoms with Crippen molar-refractivity contribution in [1.29, 1.82) is 0 Å². The number of hydrogen-bond acceptors (Lipinski definition) is 6. The van der Waals surface area contributed by atoms with Gasteiger partial charge in [0.1, 0.15) is 0 Å². The Balaban J connectivity index is 4.51. The zero-order chi connectivity index (χ0) is 15.4. The van der Waals surface area contributed by atoms with Gasteiger partial charge in [-0.2, -0.15) is 0 Å². The molecule has 8 heteroatoms. The van der Waals surface area contributed by atoms with E-state index >= 15 is 0 Å². The van der Waals surface area contributed by atoms with Gasteiger partial charge < -0.3 is 29.4 Å². The van der Waals surface area contributed by atoms with Crippen LogP contribution >= 0.6 is 0 Å². The largest absolute Gasteiger partial charge is 0.567 e. The van der Waals surface area contributed by atoms with Crippen LogP contribution in [0.2, 0.25) is 0 Å². The molecule has 0 saturated heterocycles. The van der Waals surface area contributed by atoms with Crippen LogP contribution in [0.5, 0.6) is 0 Å². The van der Waals surface area contributed by atoms with Gasteiger partial charge in [0, 0.05) is 36.1 Å². The van der Waals surface area contributed by atoms with Crippen molar-refractivity contribution in [3.05, 3.63) is 10.4 Å². The number of rotatable bonds is 12. The van der Waals surface area contributed by atoms with Gasteiger partial charge in [-0.05, 0) is 27.7 Å². The standard InChI is InChI=1S/C12H26N2O6/c1-5-17-11(18-6-2)9-13(15)14(16)10-12(19-7-3)20-8-4/h11-12H,5-10H2,1-4H3/b14-13+. The molecule has 0 aromatic rings. The van der Waals surface area contributed by atoms with Crippen molar-refractivity contribution in [3.8, 4) is 0 Å². The molecule has 0 saturated carbocycles. The molecule has 0 fully saturated rings. The van der Waals surface area contributed by atoms with Gasteiger partial charge in [-0.15, -0.1) is 0 Å². The minimum Gasteiger partial charge on any atom is -0.567 e. The average Bonchev–Trinajstić information content (AvgIpc) is 2.39. The van der Waals surface area contributed by atoms with E-state index in [0.29, 0.717) is 26.4 Å². The molecule has 0 aliphatic heterocycles. The second-order valence-electron chi connectivity index (χ2n) is 3.75. The maximum atomic E-state index is 11.7. The van der Waals surface area contributed by atoms with Crippen LogP contribution in [0.1, 0.15) is 27.7 Å². The second-order valence-corrected chi connectivity index (χ2v) is 3.75. The van der Waals surface area contributed by atoms with E-state index in [4.69, 9.17) is 18.9 Å². The Kier molecular flexibility index (Phi) is 11.3. The lowest BCUT2D eigenvalue weighted by Crippen LogP contribution is -2.35. The molecular weight excluding hydrogens is 268 g/mol. The summed E-state index contributed by atoms with van der Waals surface area (Å²) in [7, 11) is 0. The minimum absolute atomic E-state index is 0.198. The fourth-order valence-corrected chi connectivity index (χ4v) is 1.49. The second kappa shape index (κ2) is 11.8. The predicted octanol–water partition coefficient (Wildman–Crippen LogP) is 1.26. The molecule has 0 rings (SSSR count). The summed E-state index contributed by atoms with van der Waals surface area (Å²) in [5.74, 6) is 0. The van der Waals surface area contributed by atoms with Crippen molar-refractivity contribution in [1.82, 2.24) is 0 Å². The Morgan fingerprint density at radius 1 is 0.650 bits per heavy atom. The molecule has 0 unspecified atom stereocenters. The van der Waals surface area contributed by atoms with Gasteiger partial charge in [0.15, 0.2) is 0 Å². The molecule has 0 atom stereocenters. The molecule has 0 radical (unpaired) electrons. The summed E-state index contributed by atoms with van der Waals surface area (Å²) in [6.07, 6.45) is -1.45. The lowest BCUT2D eigenvalue weighted by molar-refractivity contribution is -0.975. The van der Waals surface area contributed by atoms with Gasteiger partial charge >= 0.3 is 0 Å². The molecule has 120 valence electrons. The van der Waals surface area contributed by atoms with Gasteiger partial charge in [-0.1, -0.05) is 0 Å². The lowest BCUT2D eigenvalue weighted by Gasteiger charge is -2.16. The first kappa shape index (κ1) is 19.0. The van der Waals surface area contributed by atoms with Crippen LogP contribution in [0.15, 0.2) is 0 Å². The van der Waals surface area contributed by atoms with Crippen molar-refractivity contribution in [2.75, 3.05) is 39.5 Å². The lowest BCUT2D eigenvalue weighted by atomic mass is 10.6. The fourth-order valence-electron chi connectivity index (χ4n) is 1.49. The van der Waals surface area contributed by atoms with E-state index in [1.807, 2.05) is 0 Å². The van der Waals surface area contributed by atoms with Crippen LogP contribution in [0.4, 0.5) is 0 Å². The van der Waals surface area contributed by atoms with Crippen molar-refractivity contribution >= 4 is 0 Å². The predicted molar refractivity (Wildman–Crippen MR) is 71.1 cm³/mol. The maximum absolute atomic E-state index is 11.7. The van der Waals surface area contributed by atoms with Crippen LogP contribution in [-0.4, -0.2) is 61.8 Å². The van der Waals surface area contributed by atoms with E-state index in [1.54, 1.807) is 27.7 Å². The number of hydrogen-bond donors (Lipinski definition) is 0. The van der Waals surface area contributed by atoms with Crippen molar-refractivity contribution in [3.63, 3.8) is 0 Å². The summed E-state index contributed by atoms with van der Waals surface area (Å²) in [4.78, 5) is 0.502. The van der Waals surface area contributed by atoms with Crippen molar-refractivity contribution < 1.29 is 28.7 Å². The Labute approximate surface area is 120 Å². The molecule has 8 nitrogen and oxygen atoms in total. The Hall–Kier alpha value is -0.960. The number of azo groups is 1. The van der Waals surface area contributed by atoms with Gasteiger partial charge in [0.2, 0.25) is 12.6 Å². The normalized spacial score (nSPS) is 13.1. The van der Waals surface area contributed by atoms with Crippen LogP contribution in [0, 0.1) is 10.4 Å².